The molecule has 2 atom stereocenters. The summed E-state index contributed by atoms with van der Waals surface area (Å²) in [5.74, 6) is 0.771. The zero-order valence-electron chi connectivity index (χ0n) is 9.05. The highest BCUT2D eigenvalue weighted by Gasteiger charge is 2.09. The summed E-state index contributed by atoms with van der Waals surface area (Å²) in [5.41, 5.74) is 0. The maximum atomic E-state index is 10.8. The van der Waals surface area contributed by atoms with E-state index in [0.717, 1.165) is 25.4 Å². The molecule has 3 nitrogen and oxygen atoms in total. The summed E-state index contributed by atoms with van der Waals surface area (Å²) in [6.45, 7) is 3.06. The van der Waals surface area contributed by atoms with Crippen LogP contribution in [0, 0.1) is 0 Å². The van der Waals surface area contributed by atoms with Crippen LogP contribution in [0.25, 0.3) is 0 Å². The fourth-order valence-corrected chi connectivity index (χ4v) is 2.20. The van der Waals surface area contributed by atoms with Crippen LogP contribution in [0.2, 0.25) is 0 Å². The number of nitrogens with one attached hydrogen (secondary N) is 2. The van der Waals surface area contributed by atoms with Gasteiger partial charge < -0.3 is 10.6 Å². The Balaban J connectivity index is 2.01. The Bertz CT molecular complexity index is 168. The van der Waals surface area contributed by atoms with Crippen LogP contribution in [0.5, 0.6) is 0 Å². The van der Waals surface area contributed by atoms with E-state index in [1.165, 1.54) is 25.7 Å². The van der Waals surface area contributed by atoms with Gasteiger partial charge in [-0.2, -0.15) is 0 Å². The van der Waals surface area contributed by atoms with Crippen LogP contribution in [0.4, 0.5) is 0 Å². The quantitative estimate of drug-likeness (QED) is 0.660. The first kappa shape index (κ1) is 12.1. The van der Waals surface area contributed by atoms with E-state index in [-0.39, 0.29) is 0 Å². The average Bonchev–Trinajstić information content (AvgIpc) is 2.40. The minimum Gasteiger partial charge on any atom is -0.314 e. The summed E-state index contributed by atoms with van der Waals surface area (Å²) in [5, 5.41) is 6.89. The lowest BCUT2D eigenvalue weighted by Gasteiger charge is -2.15. The molecular weight excluding hydrogens is 196 g/mol. The highest BCUT2D eigenvalue weighted by molar-refractivity contribution is 7.84. The van der Waals surface area contributed by atoms with E-state index in [2.05, 4.69) is 10.6 Å². The SMILES string of the molecule is CS(=O)CCNCC1CCCCCN1. The summed E-state index contributed by atoms with van der Waals surface area (Å²) in [6, 6.07) is 0.628. The van der Waals surface area contributed by atoms with Gasteiger partial charge >= 0.3 is 0 Å². The highest BCUT2D eigenvalue weighted by Crippen LogP contribution is 2.07. The van der Waals surface area contributed by atoms with Crippen molar-refractivity contribution in [3.8, 4) is 0 Å². The normalized spacial score (nSPS) is 25.6. The van der Waals surface area contributed by atoms with Crippen molar-refractivity contribution in [3.05, 3.63) is 0 Å². The van der Waals surface area contributed by atoms with Gasteiger partial charge in [0, 0.05) is 41.9 Å². The van der Waals surface area contributed by atoms with Gasteiger partial charge in [-0.1, -0.05) is 12.8 Å². The largest absolute Gasteiger partial charge is 0.314 e. The van der Waals surface area contributed by atoms with Crippen molar-refractivity contribution in [3.63, 3.8) is 0 Å². The molecule has 1 saturated heterocycles. The molecule has 1 fully saturated rings. The van der Waals surface area contributed by atoms with Crippen LogP contribution in [0.3, 0.4) is 0 Å². The Labute approximate surface area is 89.5 Å². The van der Waals surface area contributed by atoms with Crippen molar-refractivity contribution >= 4 is 10.8 Å². The zero-order valence-corrected chi connectivity index (χ0v) is 9.87. The van der Waals surface area contributed by atoms with E-state index in [0.29, 0.717) is 6.04 Å². The summed E-state index contributed by atoms with van der Waals surface area (Å²) in [7, 11) is -0.658. The summed E-state index contributed by atoms with van der Waals surface area (Å²) < 4.78 is 10.8. The molecule has 0 aromatic rings. The van der Waals surface area contributed by atoms with E-state index < -0.39 is 10.8 Å². The minimum absolute atomic E-state index is 0.628. The molecule has 1 heterocycles. The summed E-state index contributed by atoms with van der Waals surface area (Å²) in [4.78, 5) is 0. The lowest BCUT2D eigenvalue weighted by molar-refractivity contribution is 0.477. The van der Waals surface area contributed by atoms with Crippen molar-refractivity contribution in [2.75, 3.05) is 31.6 Å². The van der Waals surface area contributed by atoms with Gasteiger partial charge in [-0.15, -0.1) is 0 Å². The summed E-state index contributed by atoms with van der Waals surface area (Å²) >= 11 is 0. The van der Waals surface area contributed by atoms with Crippen LogP contribution in [0.15, 0.2) is 0 Å². The Morgan fingerprint density at radius 2 is 2.29 bits per heavy atom. The molecule has 0 aromatic heterocycles. The zero-order chi connectivity index (χ0) is 10.2. The average molecular weight is 218 g/mol. The molecule has 1 aliphatic heterocycles. The molecule has 84 valence electrons. The minimum atomic E-state index is -0.658. The maximum absolute atomic E-state index is 10.8. The van der Waals surface area contributed by atoms with E-state index >= 15 is 0 Å². The third kappa shape index (κ3) is 5.73. The molecule has 0 aliphatic carbocycles. The van der Waals surface area contributed by atoms with Crippen LogP contribution >= 0.6 is 0 Å². The number of hydrogen-bond acceptors (Lipinski definition) is 3. The molecule has 0 aromatic carbocycles. The lowest BCUT2D eigenvalue weighted by atomic mass is 10.1. The van der Waals surface area contributed by atoms with Gasteiger partial charge in [-0.25, -0.2) is 0 Å². The molecule has 1 rings (SSSR count). The Kier molecular flexibility index (Phi) is 6.39. The van der Waals surface area contributed by atoms with Gasteiger partial charge in [-0.05, 0) is 19.4 Å². The van der Waals surface area contributed by atoms with Crippen molar-refractivity contribution in [1.29, 1.82) is 0 Å². The predicted octanol–water partition coefficient (Wildman–Crippen LogP) is 0.487. The first-order chi connectivity index (χ1) is 6.79. The van der Waals surface area contributed by atoms with Crippen molar-refractivity contribution in [2.24, 2.45) is 0 Å². The number of rotatable bonds is 5. The molecule has 1 aliphatic rings. The van der Waals surface area contributed by atoms with Gasteiger partial charge in [0.2, 0.25) is 0 Å². The molecule has 0 bridgehead atoms. The third-order valence-electron chi connectivity index (χ3n) is 2.62. The van der Waals surface area contributed by atoms with Crippen LogP contribution in [-0.2, 0) is 10.8 Å². The van der Waals surface area contributed by atoms with Gasteiger partial charge in [0.15, 0.2) is 0 Å². The Morgan fingerprint density at radius 1 is 1.43 bits per heavy atom. The van der Waals surface area contributed by atoms with E-state index in [1.807, 2.05) is 0 Å². The predicted molar refractivity (Wildman–Crippen MR) is 62.1 cm³/mol. The first-order valence-corrected chi connectivity index (χ1v) is 7.26. The van der Waals surface area contributed by atoms with Gasteiger partial charge in [0.1, 0.15) is 0 Å². The van der Waals surface area contributed by atoms with E-state index in [9.17, 15) is 4.21 Å². The molecule has 2 N–H and O–H groups in total. The van der Waals surface area contributed by atoms with Crippen molar-refractivity contribution in [1.82, 2.24) is 10.6 Å². The Morgan fingerprint density at radius 3 is 3.07 bits per heavy atom. The fraction of sp³-hybridized carbons (Fsp3) is 1.00. The second-order valence-corrected chi connectivity index (χ2v) is 5.54. The standard InChI is InChI=1S/C10H22N2OS/c1-14(13)8-7-11-9-10-5-3-2-4-6-12-10/h10-12H,2-9H2,1H3. The molecule has 2 unspecified atom stereocenters. The van der Waals surface area contributed by atoms with Crippen LogP contribution in [0.1, 0.15) is 25.7 Å². The number of hydrogen-bond donors (Lipinski definition) is 2. The van der Waals surface area contributed by atoms with Gasteiger partial charge in [-0.3, -0.25) is 4.21 Å². The molecule has 14 heavy (non-hydrogen) atoms. The third-order valence-corrected chi connectivity index (χ3v) is 3.40. The molecule has 0 saturated carbocycles. The van der Waals surface area contributed by atoms with Crippen LogP contribution < -0.4 is 10.6 Å². The highest BCUT2D eigenvalue weighted by atomic mass is 32.2. The second kappa shape index (κ2) is 7.37. The topological polar surface area (TPSA) is 41.1 Å². The fourth-order valence-electron chi connectivity index (χ4n) is 1.77. The molecule has 0 amide bonds. The molecule has 0 radical (unpaired) electrons. The van der Waals surface area contributed by atoms with Crippen LogP contribution in [-0.4, -0.2) is 41.9 Å². The molecule has 4 heteroatoms. The van der Waals surface area contributed by atoms with E-state index in [1.54, 1.807) is 6.26 Å². The maximum Gasteiger partial charge on any atom is 0.0357 e. The summed E-state index contributed by atoms with van der Waals surface area (Å²) in [6.07, 6.45) is 7.06. The van der Waals surface area contributed by atoms with Crippen molar-refractivity contribution in [2.45, 2.75) is 31.7 Å². The smallest absolute Gasteiger partial charge is 0.0357 e. The van der Waals surface area contributed by atoms with Crippen molar-refractivity contribution < 1.29 is 4.21 Å². The van der Waals surface area contributed by atoms with E-state index in [4.69, 9.17) is 0 Å². The Hall–Kier alpha value is 0.0700. The van der Waals surface area contributed by atoms with Gasteiger partial charge in [0.05, 0.1) is 0 Å². The monoisotopic (exact) mass is 218 g/mol. The first-order valence-electron chi connectivity index (χ1n) is 5.53. The molecule has 0 spiro atoms. The second-order valence-electron chi connectivity index (χ2n) is 3.98. The molecular formula is C10H22N2OS. The lowest BCUT2D eigenvalue weighted by Crippen LogP contribution is -2.39. The van der Waals surface area contributed by atoms with Gasteiger partial charge in [0.25, 0.3) is 0 Å².